The first-order valence-corrected chi connectivity index (χ1v) is 8.30. The molecule has 1 aromatic carbocycles. The number of thiazole rings is 1. The molecule has 0 radical (unpaired) electrons. The van der Waals surface area contributed by atoms with Gasteiger partial charge in [0.15, 0.2) is 5.01 Å². The van der Waals surface area contributed by atoms with Crippen LogP contribution in [0.5, 0.6) is 0 Å². The monoisotopic (exact) mass is 352 g/mol. The first-order valence-electron chi connectivity index (χ1n) is 7.49. The second-order valence-electron chi connectivity index (χ2n) is 5.05. The first-order chi connectivity index (χ1) is 11.4. The van der Waals surface area contributed by atoms with Gasteiger partial charge in [0.2, 0.25) is 0 Å². The van der Waals surface area contributed by atoms with E-state index in [0.717, 1.165) is 23.1 Å². The van der Waals surface area contributed by atoms with Crippen molar-refractivity contribution in [2.75, 3.05) is 0 Å². The molecule has 4 N–H and O–H groups in total. The first kappa shape index (κ1) is 19.6. The fourth-order valence-corrected chi connectivity index (χ4v) is 2.70. The van der Waals surface area contributed by atoms with Gasteiger partial charge in [-0.05, 0) is 25.0 Å². The number of carbonyl (C=O) groups is 3. The van der Waals surface area contributed by atoms with E-state index in [-0.39, 0.29) is 12.8 Å². The number of carboxylic acid groups (broad SMARTS) is 2. The highest BCUT2D eigenvalue weighted by Gasteiger charge is 2.06. The van der Waals surface area contributed by atoms with Crippen LogP contribution in [0.1, 0.15) is 48.3 Å². The van der Waals surface area contributed by atoms with Crippen LogP contribution in [0.3, 0.4) is 0 Å². The maximum Gasteiger partial charge on any atom is 0.303 e. The molecule has 1 aromatic heterocycles. The molecule has 0 unspecified atom stereocenters. The summed E-state index contributed by atoms with van der Waals surface area (Å²) in [7, 11) is 0. The smallest absolute Gasteiger partial charge is 0.303 e. The molecular formula is C16H20N2O5S. The number of carbonyl (C=O) groups excluding carboxylic acids is 1. The van der Waals surface area contributed by atoms with E-state index in [1.54, 1.807) is 0 Å². The van der Waals surface area contributed by atoms with Gasteiger partial charge in [0.05, 0.1) is 10.2 Å². The van der Waals surface area contributed by atoms with E-state index in [1.807, 2.05) is 24.3 Å². The number of benzene rings is 1. The molecule has 0 aliphatic rings. The molecule has 0 aliphatic heterocycles. The quantitative estimate of drug-likeness (QED) is 0.626. The summed E-state index contributed by atoms with van der Waals surface area (Å²) in [6.45, 7) is 0. The summed E-state index contributed by atoms with van der Waals surface area (Å²) in [4.78, 5) is 34.9. The van der Waals surface area contributed by atoms with Crippen LogP contribution < -0.4 is 5.73 Å². The summed E-state index contributed by atoms with van der Waals surface area (Å²) in [6, 6.07) is 7.57. The Bertz CT molecular complexity index is 648. The number of fused-ring (bicyclic) bond motifs is 1. The number of carboxylic acids is 2. The maximum atomic E-state index is 10.7. The van der Waals surface area contributed by atoms with E-state index in [2.05, 4.69) is 4.98 Å². The van der Waals surface area contributed by atoms with Gasteiger partial charge in [-0.1, -0.05) is 25.0 Å². The van der Waals surface area contributed by atoms with Crippen LogP contribution in [0.25, 0.3) is 10.2 Å². The molecule has 0 fully saturated rings. The van der Waals surface area contributed by atoms with Crippen molar-refractivity contribution in [3.05, 3.63) is 29.3 Å². The van der Waals surface area contributed by atoms with Gasteiger partial charge in [-0.3, -0.25) is 14.4 Å². The number of nitrogens with two attached hydrogens (primary N) is 1. The minimum atomic E-state index is -0.784. The molecule has 1 heterocycles. The zero-order valence-corrected chi connectivity index (χ0v) is 13.9. The van der Waals surface area contributed by atoms with Crippen molar-refractivity contribution >= 4 is 39.4 Å². The Morgan fingerprint density at radius 2 is 1.50 bits per heavy atom. The Balaban J connectivity index is 0.000000240. The lowest BCUT2D eigenvalue weighted by atomic mass is 10.1. The lowest BCUT2D eigenvalue weighted by Crippen LogP contribution is -2.09. The second-order valence-corrected chi connectivity index (χ2v) is 6.08. The standard InChI is InChI=1S/C8H6N2OS.C8H14O4/c9-7(11)8-10-5-3-1-2-4-6(5)12-8;9-7(10)5-3-1-2-4-6-8(11)12/h1-4H,(H2,9,11);1-6H2,(H,9,10)(H,11,12). The van der Waals surface area contributed by atoms with Crippen LogP contribution in [-0.4, -0.2) is 33.0 Å². The highest BCUT2D eigenvalue weighted by Crippen LogP contribution is 2.20. The molecule has 0 atom stereocenters. The molecule has 1 amide bonds. The number of aliphatic carboxylic acids is 2. The molecule has 0 spiro atoms. The van der Waals surface area contributed by atoms with Gasteiger partial charge in [0, 0.05) is 12.8 Å². The summed E-state index contributed by atoms with van der Waals surface area (Å²) in [5.41, 5.74) is 5.92. The number of para-hydroxylation sites is 1. The molecule has 2 rings (SSSR count). The Labute approximate surface area is 143 Å². The highest BCUT2D eigenvalue weighted by molar-refractivity contribution is 7.20. The third-order valence-corrected chi connectivity index (χ3v) is 4.09. The summed E-state index contributed by atoms with van der Waals surface area (Å²) in [5, 5.41) is 16.9. The molecule has 0 saturated carbocycles. The fraction of sp³-hybridized carbons (Fsp3) is 0.375. The van der Waals surface area contributed by atoms with Gasteiger partial charge in [-0.15, -0.1) is 11.3 Å². The average Bonchev–Trinajstić information content (AvgIpc) is 2.95. The molecule has 7 nitrogen and oxygen atoms in total. The van der Waals surface area contributed by atoms with E-state index in [4.69, 9.17) is 15.9 Å². The molecular weight excluding hydrogens is 332 g/mol. The van der Waals surface area contributed by atoms with E-state index in [9.17, 15) is 14.4 Å². The van der Waals surface area contributed by atoms with Crippen molar-refractivity contribution in [3.8, 4) is 0 Å². The van der Waals surface area contributed by atoms with E-state index < -0.39 is 17.8 Å². The van der Waals surface area contributed by atoms with Crippen LogP contribution in [0.2, 0.25) is 0 Å². The number of amides is 1. The molecule has 2 aromatic rings. The van der Waals surface area contributed by atoms with Crippen LogP contribution >= 0.6 is 11.3 Å². The SMILES string of the molecule is NC(=O)c1nc2ccccc2s1.O=C(O)CCCCCCC(=O)O. The minimum Gasteiger partial charge on any atom is -0.481 e. The molecule has 8 heteroatoms. The van der Waals surface area contributed by atoms with Crippen LogP contribution in [0.4, 0.5) is 0 Å². The Morgan fingerprint density at radius 1 is 0.958 bits per heavy atom. The van der Waals surface area contributed by atoms with Crippen molar-refractivity contribution in [1.82, 2.24) is 4.98 Å². The predicted molar refractivity (Wildman–Crippen MR) is 91.1 cm³/mol. The number of nitrogens with zero attached hydrogens (tertiary/aromatic N) is 1. The normalized spacial score (nSPS) is 10.0. The van der Waals surface area contributed by atoms with Crippen LogP contribution in [0.15, 0.2) is 24.3 Å². The Morgan fingerprint density at radius 3 is 1.96 bits per heavy atom. The molecule has 24 heavy (non-hydrogen) atoms. The number of primary amides is 1. The van der Waals surface area contributed by atoms with Crippen molar-refractivity contribution in [2.24, 2.45) is 5.73 Å². The maximum absolute atomic E-state index is 10.7. The third-order valence-electron chi connectivity index (χ3n) is 3.04. The third kappa shape index (κ3) is 7.68. The van der Waals surface area contributed by atoms with Crippen molar-refractivity contribution < 1.29 is 24.6 Å². The van der Waals surface area contributed by atoms with Crippen LogP contribution in [0, 0.1) is 0 Å². The summed E-state index contributed by atoms with van der Waals surface area (Å²) >= 11 is 1.32. The average molecular weight is 352 g/mol. The Kier molecular flexibility index (Phi) is 8.42. The fourth-order valence-electron chi connectivity index (χ4n) is 1.88. The number of unbranched alkanes of at least 4 members (excludes halogenated alkanes) is 3. The van der Waals surface area contributed by atoms with Gasteiger partial charge < -0.3 is 15.9 Å². The zero-order chi connectivity index (χ0) is 17.9. The van der Waals surface area contributed by atoms with E-state index in [1.165, 1.54) is 11.3 Å². The molecule has 0 aliphatic carbocycles. The number of hydrogen-bond acceptors (Lipinski definition) is 5. The topological polar surface area (TPSA) is 131 Å². The zero-order valence-electron chi connectivity index (χ0n) is 13.1. The number of rotatable bonds is 8. The predicted octanol–water partition coefficient (Wildman–Crippen LogP) is 2.89. The summed E-state index contributed by atoms with van der Waals surface area (Å²) < 4.78 is 0.992. The lowest BCUT2D eigenvalue weighted by Gasteiger charge is -1.96. The minimum absolute atomic E-state index is 0.188. The number of hydrogen-bond donors (Lipinski definition) is 3. The van der Waals surface area contributed by atoms with Gasteiger partial charge >= 0.3 is 11.9 Å². The molecule has 130 valence electrons. The highest BCUT2D eigenvalue weighted by atomic mass is 32.1. The molecule has 0 saturated heterocycles. The van der Waals surface area contributed by atoms with E-state index in [0.29, 0.717) is 17.8 Å². The van der Waals surface area contributed by atoms with E-state index >= 15 is 0 Å². The molecule has 0 bridgehead atoms. The Hall–Kier alpha value is -2.48. The summed E-state index contributed by atoms with van der Waals surface area (Å²) in [5.74, 6) is -2.03. The van der Waals surface area contributed by atoms with Crippen molar-refractivity contribution in [3.63, 3.8) is 0 Å². The van der Waals surface area contributed by atoms with Gasteiger partial charge in [0.1, 0.15) is 0 Å². The largest absolute Gasteiger partial charge is 0.481 e. The van der Waals surface area contributed by atoms with Gasteiger partial charge in [-0.2, -0.15) is 0 Å². The number of aromatic nitrogens is 1. The van der Waals surface area contributed by atoms with Gasteiger partial charge in [0.25, 0.3) is 5.91 Å². The van der Waals surface area contributed by atoms with Gasteiger partial charge in [-0.25, -0.2) is 4.98 Å². The lowest BCUT2D eigenvalue weighted by molar-refractivity contribution is -0.138. The summed E-state index contributed by atoms with van der Waals surface area (Å²) in [6.07, 6.45) is 3.28. The van der Waals surface area contributed by atoms with Crippen molar-refractivity contribution in [2.45, 2.75) is 38.5 Å². The second kappa shape index (κ2) is 10.3. The van der Waals surface area contributed by atoms with Crippen LogP contribution in [-0.2, 0) is 9.59 Å². The van der Waals surface area contributed by atoms with Crippen molar-refractivity contribution in [1.29, 1.82) is 0 Å².